The molecule has 16 heavy (non-hydrogen) atoms. The molecule has 0 aromatic heterocycles. The van der Waals surface area contributed by atoms with E-state index >= 15 is 0 Å². The topological polar surface area (TPSA) is 34.3 Å². The Balaban J connectivity index is 1.78. The molecular weight excluding hydrogens is 204 g/mol. The van der Waals surface area contributed by atoms with Crippen LogP contribution in [0.1, 0.15) is 28.9 Å². The Labute approximate surface area is 94.3 Å². The maximum absolute atomic E-state index is 6.14. The second kappa shape index (κ2) is 3.06. The molecule has 0 spiro atoms. The number of rotatable bonds is 2. The van der Waals surface area contributed by atoms with Gasteiger partial charge in [0.15, 0.2) is 0 Å². The zero-order valence-electron chi connectivity index (χ0n) is 9.18. The van der Waals surface area contributed by atoms with Gasteiger partial charge in [0.05, 0.1) is 13.2 Å². The Morgan fingerprint density at radius 1 is 1.06 bits per heavy atom. The molecule has 1 aromatic rings. The minimum atomic E-state index is 0.113. The van der Waals surface area contributed by atoms with Crippen molar-refractivity contribution in [1.29, 1.82) is 0 Å². The maximum atomic E-state index is 6.14. The maximum Gasteiger partial charge on any atom is 0.112 e. The molecule has 3 nitrogen and oxygen atoms in total. The Morgan fingerprint density at radius 2 is 1.75 bits per heavy atom. The lowest BCUT2D eigenvalue weighted by molar-refractivity contribution is -0.0488. The van der Waals surface area contributed by atoms with Crippen LogP contribution in [0.5, 0.6) is 0 Å². The highest BCUT2D eigenvalue weighted by atomic mass is 16.6. The summed E-state index contributed by atoms with van der Waals surface area (Å²) in [5, 5.41) is 0. The van der Waals surface area contributed by atoms with Crippen molar-refractivity contribution in [3.05, 3.63) is 34.9 Å². The van der Waals surface area contributed by atoms with Crippen molar-refractivity contribution in [2.24, 2.45) is 0 Å². The fourth-order valence-corrected chi connectivity index (χ4v) is 2.50. The molecule has 84 valence electrons. The van der Waals surface area contributed by atoms with E-state index in [4.69, 9.17) is 14.2 Å². The molecule has 2 fully saturated rings. The van der Waals surface area contributed by atoms with Crippen molar-refractivity contribution in [3.8, 4) is 0 Å². The fraction of sp³-hybridized carbons (Fsp3) is 0.538. The van der Waals surface area contributed by atoms with E-state index in [-0.39, 0.29) is 24.4 Å². The Kier molecular flexibility index (Phi) is 1.76. The molecule has 3 heterocycles. The molecule has 0 aliphatic carbocycles. The van der Waals surface area contributed by atoms with Gasteiger partial charge >= 0.3 is 0 Å². The molecule has 3 aliphatic heterocycles. The van der Waals surface area contributed by atoms with E-state index in [0.717, 1.165) is 13.2 Å². The van der Waals surface area contributed by atoms with Gasteiger partial charge in [0.25, 0.3) is 0 Å². The van der Waals surface area contributed by atoms with Crippen LogP contribution in [0.4, 0.5) is 0 Å². The van der Waals surface area contributed by atoms with Crippen LogP contribution in [0, 0.1) is 6.92 Å². The largest absolute Gasteiger partial charge is 0.370 e. The summed E-state index contributed by atoms with van der Waals surface area (Å²) in [7, 11) is 0. The van der Waals surface area contributed by atoms with Crippen LogP contribution in [0.2, 0.25) is 0 Å². The highest BCUT2D eigenvalue weighted by molar-refractivity contribution is 5.38. The molecule has 2 saturated heterocycles. The predicted octanol–water partition coefficient (Wildman–Crippen LogP) is 1.91. The first-order valence-corrected chi connectivity index (χ1v) is 5.82. The molecule has 1 aromatic carbocycles. The van der Waals surface area contributed by atoms with Gasteiger partial charge in [0, 0.05) is 0 Å². The highest BCUT2D eigenvalue weighted by Gasteiger charge is 2.45. The lowest BCUT2D eigenvalue weighted by Gasteiger charge is -2.30. The molecule has 0 saturated carbocycles. The average Bonchev–Trinajstić information content (AvgIpc) is 3.17. The molecule has 3 aliphatic rings. The lowest BCUT2D eigenvalue weighted by Crippen LogP contribution is -2.24. The Morgan fingerprint density at radius 3 is 2.44 bits per heavy atom. The van der Waals surface area contributed by atoms with Gasteiger partial charge in [-0.1, -0.05) is 18.2 Å². The third-order valence-corrected chi connectivity index (χ3v) is 3.63. The normalized spacial score (nSPS) is 39.6. The summed E-state index contributed by atoms with van der Waals surface area (Å²) < 4.78 is 16.9. The average molecular weight is 218 g/mol. The first kappa shape index (κ1) is 9.16. The Bertz CT molecular complexity index is 435. The molecule has 0 N–H and O–H groups in total. The number of aryl methyl sites for hydroxylation is 1. The van der Waals surface area contributed by atoms with Crippen LogP contribution in [-0.4, -0.2) is 25.4 Å². The SMILES string of the molecule is Cc1ccc2cc1C(C1CO1)OC2C1CO1. The number of fused-ring (bicyclic) bond motifs is 2. The monoisotopic (exact) mass is 218 g/mol. The van der Waals surface area contributed by atoms with Crippen molar-refractivity contribution in [2.75, 3.05) is 13.2 Å². The van der Waals surface area contributed by atoms with Crippen LogP contribution >= 0.6 is 0 Å². The Hall–Kier alpha value is -0.900. The first-order chi connectivity index (χ1) is 7.83. The highest BCUT2D eigenvalue weighted by Crippen LogP contribution is 2.45. The van der Waals surface area contributed by atoms with Gasteiger partial charge in [-0.25, -0.2) is 0 Å². The number of epoxide rings is 2. The molecule has 4 rings (SSSR count). The summed E-state index contributed by atoms with van der Waals surface area (Å²) in [6.07, 6.45) is 0.748. The summed E-state index contributed by atoms with van der Waals surface area (Å²) in [6, 6.07) is 6.59. The molecule has 2 bridgehead atoms. The second-order valence-electron chi connectivity index (χ2n) is 4.84. The zero-order chi connectivity index (χ0) is 10.7. The molecule has 0 amide bonds. The molecule has 0 radical (unpaired) electrons. The molecule has 4 unspecified atom stereocenters. The van der Waals surface area contributed by atoms with Crippen LogP contribution in [0.25, 0.3) is 0 Å². The van der Waals surface area contributed by atoms with Crippen LogP contribution in [0.15, 0.2) is 18.2 Å². The van der Waals surface area contributed by atoms with E-state index in [0.29, 0.717) is 0 Å². The van der Waals surface area contributed by atoms with E-state index in [1.165, 1.54) is 16.7 Å². The van der Waals surface area contributed by atoms with Gasteiger partial charge in [-0.15, -0.1) is 0 Å². The minimum Gasteiger partial charge on any atom is -0.370 e. The smallest absolute Gasteiger partial charge is 0.112 e. The fourth-order valence-electron chi connectivity index (χ4n) is 2.50. The van der Waals surface area contributed by atoms with E-state index in [9.17, 15) is 0 Å². The number of benzene rings is 1. The van der Waals surface area contributed by atoms with Crippen molar-refractivity contribution < 1.29 is 14.2 Å². The zero-order valence-corrected chi connectivity index (χ0v) is 9.18. The lowest BCUT2D eigenvalue weighted by atomic mass is 9.92. The first-order valence-electron chi connectivity index (χ1n) is 5.82. The van der Waals surface area contributed by atoms with Crippen molar-refractivity contribution in [2.45, 2.75) is 31.3 Å². The molecule has 3 heteroatoms. The standard InChI is InChI=1S/C13H14O3/c1-7-2-3-8-4-9(7)13(11-6-15-11)16-12(8)10-5-14-10/h2-4,10-13H,5-6H2,1H3. The summed E-state index contributed by atoms with van der Waals surface area (Å²) in [6.45, 7) is 3.78. The van der Waals surface area contributed by atoms with Crippen molar-refractivity contribution >= 4 is 0 Å². The quantitative estimate of drug-likeness (QED) is 0.711. The van der Waals surface area contributed by atoms with Crippen molar-refractivity contribution in [3.63, 3.8) is 0 Å². The third-order valence-electron chi connectivity index (χ3n) is 3.63. The third kappa shape index (κ3) is 1.32. The molecular formula is C13H14O3. The van der Waals surface area contributed by atoms with Gasteiger partial charge in [0.2, 0.25) is 0 Å². The second-order valence-corrected chi connectivity index (χ2v) is 4.84. The van der Waals surface area contributed by atoms with E-state index < -0.39 is 0 Å². The van der Waals surface area contributed by atoms with Crippen molar-refractivity contribution in [1.82, 2.24) is 0 Å². The van der Waals surface area contributed by atoms with Gasteiger partial charge in [-0.2, -0.15) is 0 Å². The van der Waals surface area contributed by atoms with E-state index in [2.05, 4.69) is 25.1 Å². The minimum absolute atomic E-state index is 0.113. The van der Waals surface area contributed by atoms with E-state index in [1.807, 2.05) is 0 Å². The van der Waals surface area contributed by atoms with Gasteiger partial charge in [-0.05, 0) is 23.6 Å². The number of hydrogen-bond donors (Lipinski definition) is 0. The van der Waals surface area contributed by atoms with E-state index in [1.54, 1.807) is 0 Å². The molecule has 4 atom stereocenters. The van der Waals surface area contributed by atoms with Gasteiger partial charge in [-0.3, -0.25) is 0 Å². The summed E-state index contributed by atoms with van der Waals surface area (Å²) in [4.78, 5) is 0. The summed E-state index contributed by atoms with van der Waals surface area (Å²) in [5.41, 5.74) is 3.83. The summed E-state index contributed by atoms with van der Waals surface area (Å²) in [5.74, 6) is 0. The predicted molar refractivity (Wildman–Crippen MR) is 57.2 cm³/mol. The van der Waals surface area contributed by atoms with Crippen LogP contribution in [-0.2, 0) is 14.2 Å². The number of ether oxygens (including phenoxy) is 3. The van der Waals surface area contributed by atoms with Gasteiger partial charge < -0.3 is 14.2 Å². The van der Waals surface area contributed by atoms with Crippen LogP contribution in [0.3, 0.4) is 0 Å². The van der Waals surface area contributed by atoms with Gasteiger partial charge in [0.1, 0.15) is 24.4 Å². The van der Waals surface area contributed by atoms with Crippen LogP contribution < -0.4 is 0 Å². The summed E-state index contributed by atoms with van der Waals surface area (Å²) >= 11 is 0. The number of hydrogen-bond acceptors (Lipinski definition) is 3.